The standard InChI is InChI=1S/C13H12BrN3O3/c1-8-4-11(14)12(5-13(8)17(19)20)16-6-9-2-3-10(18)7-15-9/h2-5,7,16,18H,6H2,1H3. The Labute approximate surface area is 123 Å². The first-order chi connectivity index (χ1) is 9.47. The van der Waals surface area contributed by atoms with Crippen molar-refractivity contribution in [1.82, 2.24) is 4.98 Å². The quantitative estimate of drug-likeness (QED) is 0.659. The minimum atomic E-state index is -0.411. The third kappa shape index (κ3) is 3.24. The van der Waals surface area contributed by atoms with Crippen molar-refractivity contribution in [3.05, 3.63) is 56.3 Å². The van der Waals surface area contributed by atoms with Gasteiger partial charge in [0.15, 0.2) is 0 Å². The average molecular weight is 338 g/mol. The number of anilines is 1. The van der Waals surface area contributed by atoms with E-state index in [1.165, 1.54) is 18.3 Å². The van der Waals surface area contributed by atoms with E-state index in [4.69, 9.17) is 5.11 Å². The molecule has 0 amide bonds. The summed E-state index contributed by atoms with van der Waals surface area (Å²) in [6.07, 6.45) is 1.35. The van der Waals surface area contributed by atoms with Gasteiger partial charge in [-0.15, -0.1) is 0 Å². The van der Waals surface area contributed by atoms with Crippen LogP contribution in [-0.2, 0) is 6.54 Å². The van der Waals surface area contributed by atoms with Gasteiger partial charge < -0.3 is 10.4 Å². The van der Waals surface area contributed by atoms with Gasteiger partial charge in [-0.2, -0.15) is 0 Å². The Morgan fingerprint density at radius 1 is 1.45 bits per heavy atom. The summed E-state index contributed by atoms with van der Waals surface area (Å²) in [5, 5.41) is 23.1. The number of halogens is 1. The van der Waals surface area contributed by atoms with E-state index in [2.05, 4.69) is 26.2 Å². The van der Waals surface area contributed by atoms with Crippen molar-refractivity contribution in [2.24, 2.45) is 0 Å². The zero-order chi connectivity index (χ0) is 14.7. The van der Waals surface area contributed by atoms with Crippen molar-refractivity contribution in [1.29, 1.82) is 0 Å². The summed E-state index contributed by atoms with van der Waals surface area (Å²) < 4.78 is 0.749. The number of hydrogen-bond donors (Lipinski definition) is 2. The molecule has 1 aromatic carbocycles. The number of nitrogens with one attached hydrogen (secondary N) is 1. The Hall–Kier alpha value is -2.15. The van der Waals surface area contributed by atoms with E-state index in [-0.39, 0.29) is 11.4 Å². The highest BCUT2D eigenvalue weighted by atomic mass is 79.9. The van der Waals surface area contributed by atoms with E-state index in [9.17, 15) is 10.1 Å². The third-order valence-electron chi connectivity index (χ3n) is 2.75. The van der Waals surface area contributed by atoms with Gasteiger partial charge in [-0.25, -0.2) is 0 Å². The second kappa shape index (κ2) is 5.87. The smallest absolute Gasteiger partial charge is 0.274 e. The Kier molecular flexibility index (Phi) is 4.19. The monoisotopic (exact) mass is 337 g/mol. The Balaban J connectivity index is 2.18. The van der Waals surface area contributed by atoms with Crippen LogP contribution in [0.5, 0.6) is 5.75 Å². The van der Waals surface area contributed by atoms with E-state index in [1.54, 1.807) is 19.1 Å². The molecule has 0 aliphatic rings. The van der Waals surface area contributed by atoms with E-state index in [1.807, 2.05) is 0 Å². The second-order valence-electron chi connectivity index (χ2n) is 4.24. The zero-order valence-electron chi connectivity index (χ0n) is 10.6. The number of benzene rings is 1. The lowest BCUT2D eigenvalue weighted by atomic mass is 10.2. The van der Waals surface area contributed by atoms with Gasteiger partial charge >= 0.3 is 0 Å². The molecule has 7 heteroatoms. The second-order valence-corrected chi connectivity index (χ2v) is 5.09. The predicted molar refractivity (Wildman–Crippen MR) is 78.8 cm³/mol. The molecule has 0 unspecified atom stereocenters. The molecule has 2 rings (SSSR count). The number of rotatable bonds is 4. The number of aromatic hydroxyl groups is 1. The van der Waals surface area contributed by atoms with Gasteiger partial charge in [0, 0.05) is 16.1 Å². The first-order valence-corrected chi connectivity index (χ1v) is 6.59. The SMILES string of the molecule is Cc1cc(Br)c(NCc2ccc(O)cn2)cc1[N+](=O)[O-]. The normalized spacial score (nSPS) is 10.3. The maximum absolute atomic E-state index is 10.9. The summed E-state index contributed by atoms with van der Waals surface area (Å²) in [5.41, 5.74) is 2.00. The topological polar surface area (TPSA) is 88.3 Å². The zero-order valence-corrected chi connectivity index (χ0v) is 12.2. The summed E-state index contributed by atoms with van der Waals surface area (Å²) in [5.74, 6) is 0.0981. The Bertz CT molecular complexity index is 644. The van der Waals surface area contributed by atoms with Crippen LogP contribution in [0.1, 0.15) is 11.3 Å². The summed E-state index contributed by atoms with van der Waals surface area (Å²) in [7, 11) is 0. The molecule has 0 saturated heterocycles. The van der Waals surface area contributed by atoms with Crippen molar-refractivity contribution in [2.75, 3.05) is 5.32 Å². The first-order valence-electron chi connectivity index (χ1n) is 5.79. The van der Waals surface area contributed by atoms with Gasteiger partial charge in [-0.1, -0.05) is 0 Å². The summed E-state index contributed by atoms with van der Waals surface area (Å²) in [4.78, 5) is 14.5. The van der Waals surface area contributed by atoms with E-state index < -0.39 is 4.92 Å². The van der Waals surface area contributed by atoms with E-state index in [0.29, 0.717) is 17.8 Å². The lowest BCUT2D eigenvalue weighted by molar-refractivity contribution is -0.385. The van der Waals surface area contributed by atoms with Crippen LogP contribution in [0.2, 0.25) is 0 Å². The lowest BCUT2D eigenvalue weighted by Gasteiger charge is -2.09. The van der Waals surface area contributed by atoms with Gasteiger partial charge in [0.25, 0.3) is 5.69 Å². The largest absolute Gasteiger partial charge is 0.506 e. The molecule has 0 radical (unpaired) electrons. The molecule has 6 nitrogen and oxygen atoms in total. The van der Waals surface area contributed by atoms with Crippen LogP contribution in [-0.4, -0.2) is 15.0 Å². The fraction of sp³-hybridized carbons (Fsp3) is 0.154. The van der Waals surface area contributed by atoms with E-state index >= 15 is 0 Å². The van der Waals surface area contributed by atoms with Gasteiger partial charge in [0.2, 0.25) is 0 Å². The number of nitro benzene ring substituents is 1. The molecule has 0 aliphatic carbocycles. The summed E-state index contributed by atoms with van der Waals surface area (Å²) in [6.45, 7) is 2.09. The predicted octanol–water partition coefficient (Wildman–Crippen LogP) is 3.38. The highest BCUT2D eigenvalue weighted by Gasteiger charge is 2.14. The number of hydrogen-bond acceptors (Lipinski definition) is 5. The number of aromatic nitrogens is 1. The molecule has 104 valence electrons. The molecule has 2 aromatic rings. The van der Waals surface area contributed by atoms with Gasteiger partial charge in [-0.05, 0) is 41.1 Å². The molecule has 1 heterocycles. The van der Waals surface area contributed by atoms with Crippen LogP contribution in [0.25, 0.3) is 0 Å². The highest BCUT2D eigenvalue weighted by Crippen LogP contribution is 2.30. The summed E-state index contributed by atoms with van der Waals surface area (Å²) >= 11 is 3.37. The van der Waals surface area contributed by atoms with E-state index in [0.717, 1.165) is 10.2 Å². The van der Waals surface area contributed by atoms with Crippen molar-refractivity contribution in [2.45, 2.75) is 13.5 Å². The minimum absolute atomic E-state index is 0.0642. The Morgan fingerprint density at radius 3 is 2.80 bits per heavy atom. The molecule has 0 spiro atoms. The van der Waals surface area contributed by atoms with Crippen molar-refractivity contribution < 1.29 is 10.0 Å². The van der Waals surface area contributed by atoms with Gasteiger partial charge in [-0.3, -0.25) is 15.1 Å². The van der Waals surface area contributed by atoms with Crippen molar-refractivity contribution in [3.8, 4) is 5.75 Å². The maximum atomic E-state index is 10.9. The fourth-order valence-corrected chi connectivity index (χ4v) is 2.30. The minimum Gasteiger partial charge on any atom is -0.506 e. The third-order valence-corrected chi connectivity index (χ3v) is 3.41. The van der Waals surface area contributed by atoms with Crippen LogP contribution in [0.3, 0.4) is 0 Å². The molecular formula is C13H12BrN3O3. The molecule has 2 N–H and O–H groups in total. The number of nitro groups is 1. The molecule has 20 heavy (non-hydrogen) atoms. The summed E-state index contributed by atoms with van der Waals surface area (Å²) in [6, 6.07) is 6.40. The molecule has 0 bridgehead atoms. The highest BCUT2D eigenvalue weighted by molar-refractivity contribution is 9.10. The van der Waals surface area contributed by atoms with Crippen LogP contribution < -0.4 is 5.32 Å². The number of nitrogens with zero attached hydrogens (tertiary/aromatic N) is 2. The van der Waals surface area contributed by atoms with Crippen LogP contribution in [0.15, 0.2) is 34.9 Å². The van der Waals surface area contributed by atoms with Crippen LogP contribution >= 0.6 is 15.9 Å². The van der Waals surface area contributed by atoms with Gasteiger partial charge in [0.05, 0.1) is 29.0 Å². The first kappa shape index (κ1) is 14.3. The Morgan fingerprint density at radius 2 is 2.20 bits per heavy atom. The van der Waals surface area contributed by atoms with Crippen LogP contribution in [0, 0.1) is 17.0 Å². The van der Waals surface area contributed by atoms with Crippen LogP contribution in [0.4, 0.5) is 11.4 Å². The molecule has 0 fully saturated rings. The average Bonchev–Trinajstić information content (AvgIpc) is 2.39. The molecule has 0 aliphatic heterocycles. The molecule has 1 aromatic heterocycles. The lowest BCUT2D eigenvalue weighted by Crippen LogP contribution is -2.03. The molecule has 0 atom stereocenters. The van der Waals surface area contributed by atoms with Gasteiger partial charge in [0.1, 0.15) is 5.75 Å². The molecular weight excluding hydrogens is 326 g/mol. The fourth-order valence-electron chi connectivity index (χ4n) is 1.70. The van der Waals surface area contributed by atoms with Crippen molar-refractivity contribution >= 4 is 27.3 Å². The number of aryl methyl sites for hydroxylation is 1. The number of pyridine rings is 1. The van der Waals surface area contributed by atoms with Crippen molar-refractivity contribution in [3.63, 3.8) is 0 Å². The maximum Gasteiger partial charge on any atom is 0.274 e. The molecule has 0 saturated carbocycles.